The lowest BCUT2D eigenvalue weighted by Crippen LogP contribution is -2.27. The maximum atomic E-state index is 13.5. The number of nitrogens with two attached hydrogens (primary N) is 1. The lowest BCUT2D eigenvalue weighted by atomic mass is 10.3. The van der Waals surface area contributed by atoms with E-state index in [1.807, 2.05) is 13.8 Å². The Morgan fingerprint density at radius 3 is 2.61 bits per heavy atom. The summed E-state index contributed by atoms with van der Waals surface area (Å²) in [6.45, 7) is 4.85. The fraction of sp³-hybridized carbons (Fsp3) is 0.455. The van der Waals surface area contributed by atoms with Crippen LogP contribution in [0.1, 0.15) is 13.8 Å². The summed E-state index contributed by atoms with van der Waals surface area (Å²) in [7, 11) is -3.89. The topological polar surface area (TPSA) is 81.4 Å². The van der Waals surface area contributed by atoms with Crippen molar-refractivity contribution in [1.82, 2.24) is 5.32 Å². The zero-order valence-electron chi connectivity index (χ0n) is 10.3. The van der Waals surface area contributed by atoms with Gasteiger partial charge in [0.2, 0.25) is 10.0 Å². The van der Waals surface area contributed by atoms with Gasteiger partial charge in [-0.2, -0.15) is 0 Å². The van der Waals surface area contributed by atoms with Crippen LogP contribution in [0.15, 0.2) is 23.1 Å². The fourth-order valence-corrected chi connectivity index (χ4v) is 1.81. The van der Waals surface area contributed by atoms with Crippen molar-refractivity contribution in [3.05, 3.63) is 24.0 Å². The van der Waals surface area contributed by atoms with Crippen molar-refractivity contribution in [1.29, 1.82) is 0 Å². The lowest BCUT2D eigenvalue weighted by Gasteiger charge is -2.10. The van der Waals surface area contributed by atoms with E-state index >= 15 is 0 Å². The van der Waals surface area contributed by atoms with E-state index in [1.54, 1.807) is 0 Å². The summed E-state index contributed by atoms with van der Waals surface area (Å²) in [5.74, 6) is -0.737. The molecule has 0 bridgehead atoms. The summed E-state index contributed by atoms with van der Waals surface area (Å²) in [5, 5.41) is 7.99. The number of hydrogen-bond acceptors (Lipinski definition) is 4. The molecule has 0 unspecified atom stereocenters. The van der Waals surface area contributed by atoms with Gasteiger partial charge in [-0.25, -0.2) is 17.9 Å². The van der Waals surface area contributed by atoms with Crippen LogP contribution in [0.2, 0.25) is 0 Å². The Hall–Kier alpha value is -1.18. The molecule has 102 valence electrons. The molecule has 0 saturated heterocycles. The third-order valence-corrected chi connectivity index (χ3v) is 3.06. The van der Waals surface area contributed by atoms with Crippen LogP contribution >= 0.6 is 0 Å². The molecule has 1 rings (SSSR count). The van der Waals surface area contributed by atoms with Gasteiger partial charge in [-0.15, -0.1) is 0 Å². The highest BCUT2D eigenvalue weighted by atomic mass is 32.2. The first kappa shape index (κ1) is 14.9. The molecule has 0 radical (unpaired) electrons. The number of primary sulfonamides is 1. The van der Waals surface area contributed by atoms with E-state index in [4.69, 9.17) is 9.88 Å². The van der Waals surface area contributed by atoms with Crippen molar-refractivity contribution in [2.45, 2.75) is 24.8 Å². The summed E-state index contributed by atoms with van der Waals surface area (Å²) < 4.78 is 40.7. The summed E-state index contributed by atoms with van der Waals surface area (Å²) in [6, 6.07) is 3.64. The maximum Gasteiger partial charge on any atom is 0.238 e. The molecule has 0 aliphatic carbocycles. The average Bonchev–Trinajstić information content (AvgIpc) is 2.24. The van der Waals surface area contributed by atoms with Gasteiger partial charge in [0, 0.05) is 12.6 Å². The second-order valence-corrected chi connectivity index (χ2v) is 5.66. The summed E-state index contributed by atoms with van der Waals surface area (Å²) in [6.07, 6.45) is 0. The first-order valence-electron chi connectivity index (χ1n) is 5.49. The standard InChI is InChI=1S/C11H17FN2O3S/c1-8(2)14-5-6-17-11-4-3-9(7-10(11)12)18(13,15)16/h3-4,7-8,14H,5-6H2,1-2H3,(H2,13,15,16). The normalized spacial score (nSPS) is 11.8. The van der Waals surface area contributed by atoms with Gasteiger partial charge in [-0.1, -0.05) is 13.8 Å². The van der Waals surface area contributed by atoms with Crippen LogP contribution in [0.5, 0.6) is 5.75 Å². The molecule has 0 atom stereocenters. The van der Waals surface area contributed by atoms with Gasteiger partial charge in [-0.05, 0) is 18.2 Å². The van der Waals surface area contributed by atoms with Crippen molar-refractivity contribution in [2.24, 2.45) is 5.14 Å². The number of benzene rings is 1. The number of nitrogens with one attached hydrogen (secondary N) is 1. The van der Waals surface area contributed by atoms with E-state index < -0.39 is 15.8 Å². The molecule has 3 N–H and O–H groups in total. The van der Waals surface area contributed by atoms with Crippen molar-refractivity contribution in [3.63, 3.8) is 0 Å². The average molecular weight is 276 g/mol. The highest BCUT2D eigenvalue weighted by Crippen LogP contribution is 2.20. The van der Waals surface area contributed by atoms with Crippen molar-refractivity contribution < 1.29 is 17.5 Å². The molecule has 5 nitrogen and oxygen atoms in total. The maximum absolute atomic E-state index is 13.5. The number of ether oxygens (including phenoxy) is 1. The molecule has 1 aromatic carbocycles. The predicted molar refractivity (Wildman–Crippen MR) is 66.4 cm³/mol. The van der Waals surface area contributed by atoms with E-state index in [1.165, 1.54) is 12.1 Å². The second kappa shape index (κ2) is 6.12. The molecule has 0 aliphatic heterocycles. The molecule has 0 aromatic heterocycles. The Labute approximate surface area is 106 Å². The molecule has 0 saturated carbocycles. The van der Waals surface area contributed by atoms with Gasteiger partial charge in [0.05, 0.1) is 4.90 Å². The van der Waals surface area contributed by atoms with Crippen LogP contribution in [0.25, 0.3) is 0 Å². The third kappa shape index (κ3) is 4.59. The monoisotopic (exact) mass is 276 g/mol. The Morgan fingerprint density at radius 1 is 1.44 bits per heavy atom. The molecule has 0 spiro atoms. The lowest BCUT2D eigenvalue weighted by molar-refractivity contribution is 0.294. The van der Waals surface area contributed by atoms with Gasteiger partial charge in [0.1, 0.15) is 6.61 Å². The summed E-state index contributed by atoms with van der Waals surface area (Å²) in [4.78, 5) is -0.271. The molecular formula is C11H17FN2O3S. The first-order valence-corrected chi connectivity index (χ1v) is 7.04. The molecule has 0 aliphatic rings. The van der Waals surface area contributed by atoms with Gasteiger partial charge in [-0.3, -0.25) is 0 Å². The van der Waals surface area contributed by atoms with Crippen molar-refractivity contribution in [2.75, 3.05) is 13.2 Å². The first-order chi connectivity index (χ1) is 8.30. The highest BCUT2D eigenvalue weighted by molar-refractivity contribution is 7.89. The van der Waals surface area contributed by atoms with E-state index in [9.17, 15) is 12.8 Å². The minimum Gasteiger partial charge on any atom is -0.489 e. The number of halogens is 1. The van der Waals surface area contributed by atoms with E-state index in [-0.39, 0.29) is 10.6 Å². The largest absolute Gasteiger partial charge is 0.489 e. The van der Waals surface area contributed by atoms with Crippen LogP contribution in [0.4, 0.5) is 4.39 Å². The van der Waals surface area contributed by atoms with E-state index in [2.05, 4.69) is 5.32 Å². The van der Waals surface area contributed by atoms with Gasteiger partial charge in [0.15, 0.2) is 11.6 Å². The van der Waals surface area contributed by atoms with Crippen LogP contribution < -0.4 is 15.2 Å². The zero-order valence-corrected chi connectivity index (χ0v) is 11.1. The van der Waals surface area contributed by atoms with Crippen LogP contribution in [-0.4, -0.2) is 27.6 Å². The van der Waals surface area contributed by atoms with Gasteiger partial charge >= 0.3 is 0 Å². The SMILES string of the molecule is CC(C)NCCOc1ccc(S(N)(=O)=O)cc1F. The van der Waals surface area contributed by atoms with Crippen molar-refractivity contribution >= 4 is 10.0 Å². The Kier molecular flexibility index (Phi) is 5.06. The molecule has 18 heavy (non-hydrogen) atoms. The minimum absolute atomic E-state index is 0.00737. The Morgan fingerprint density at radius 2 is 2.11 bits per heavy atom. The van der Waals surface area contributed by atoms with Crippen LogP contribution in [0, 0.1) is 5.82 Å². The highest BCUT2D eigenvalue weighted by Gasteiger charge is 2.12. The summed E-state index contributed by atoms with van der Waals surface area (Å²) >= 11 is 0. The molecule has 0 amide bonds. The third-order valence-electron chi connectivity index (χ3n) is 2.14. The number of hydrogen-bond donors (Lipinski definition) is 2. The van der Waals surface area contributed by atoms with E-state index in [0.29, 0.717) is 19.2 Å². The molecule has 0 fully saturated rings. The molecular weight excluding hydrogens is 259 g/mol. The molecule has 0 heterocycles. The molecule has 7 heteroatoms. The second-order valence-electron chi connectivity index (χ2n) is 4.09. The smallest absolute Gasteiger partial charge is 0.238 e. The predicted octanol–water partition coefficient (Wildman–Crippen LogP) is 0.850. The minimum atomic E-state index is -3.89. The van der Waals surface area contributed by atoms with Gasteiger partial charge < -0.3 is 10.1 Å². The quantitative estimate of drug-likeness (QED) is 0.755. The number of sulfonamides is 1. The van der Waals surface area contributed by atoms with Crippen molar-refractivity contribution in [3.8, 4) is 5.75 Å². The zero-order chi connectivity index (χ0) is 13.8. The Balaban J connectivity index is 2.64. The van der Waals surface area contributed by atoms with Crippen LogP contribution in [-0.2, 0) is 10.0 Å². The van der Waals surface area contributed by atoms with E-state index in [0.717, 1.165) is 6.07 Å². The Bertz CT molecular complexity index is 503. The van der Waals surface area contributed by atoms with Crippen LogP contribution in [0.3, 0.4) is 0 Å². The summed E-state index contributed by atoms with van der Waals surface area (Å²) in [5.41, 5.74) is 0. The fourth-order valence-electron chi connectivity index (χ4n) is 1.28. The number of rotatable bonds is 6. The molecule has 1 aromatic rings. The van der Waals surface area contributed by atoms with Gasteiger partial charge in [0.25, 0.3) is 0 Å².